The molecule has 4 N–H and O–H groups in total. The van der Waals surface area contributed by atoms with Crippen LogP contribution in [0, 0.1) is 0 Å². The van der Waals surface area contributed by atoms with E-state index in [1.807, 2.05) is 0 Å². The number of carboxylic acids is 3. The zero-order valence-corrected chi connectivity index (χ0v) is 20.5. The Labute approximate surface area is 218 Å². The Morgan fingerprint density at radius 2 is 1.29 bits per heavy atom. The first-order chi connectivity index (χ1) is 18.3. The molecule has 38 heavy (non-hydrogen) atoms. The van der Waals surface area contributed by atoms with Crippen molar-refractivity contribution in [2.75, 3.05) is 26.7 Å². The highest BCUT2D eigenvalue weighted by molar-refractivity contribution is 5.89. The Kier molecular flexibility index (Phi) is 12.7. The molecule has 0 amide bonds. The maximum atomic E-state index is 10.4. The van der Waals surface area contributed by atoms with Gasteiger partial charge in [0.2, 0.25) is 13.6 Å². The molecule has 12 nitrogen and oxygen atoms in total. The van der Waals surface area contributed by atoms with E-state index in [1.54, 1.807) is 36.4 Å². The van der Waals surface area contributed by atoms with Crippen LogP contribution in [-0.4, -0.2) is 66.2 Å². The molecule has 2 aromatic carbocycles. The van der Waals surface area contributed by atoms with Gasteiger partial charge in [0.25, 0.3) is 0 Å². The summed E-state index contributed by atoms with van der Waals surface area (Å²) in [5, 5.41) is 27.2. The number of rotatable bonds is 5. The smallest absolute Gasteiger partial charge is 0.328 e. The fourth-order valence-electron chi connectivity index (χ4n) is 3.22. The highest BCUT2D eigenvalue weighted by atomic mass is 16.7. The van der Waals surface area contributed by atoms with E-state index in [1.165, 1.54) is 38.4 Å². The van der Waals surface area contributed by atoms with Gasteiger partial charge in [0.1, 0.15) is 6.42 Å². The molecule has 0 saturated carbocycles. The second-order valence-electron chi connectivity index (χ2n) is 7.73. The Balaban J connectivity index is 0.000000189. The maximum absolute atomic E-state index is 10.4. The van der Waals surface area contributed by atoms with Gasteiger partial charge in [-0.05, 0) is 50.2 Å². The summed E-state index contributed by atoms with van der Waals surface area (Å²) in [5.74, 6) is -1.15. The fourth-order valence-corrected chi connectivity index (χ4v) is 3.22. The number of ether oxygens (including phenoxy) is 4. The van der Waals surface area contributed by atoms with E-state index in [0.29, 0.717) is 34.1 Å². The first kappa shape index (κ1) is 29.6. The number of piperidine rings is 1. The minimum absolute atomic E-state index is 0.188. The number of aliphatic carboxylic acids is 3. The molecule has 3 heterocycles. The van der Waals surface area contributed by atoms with Gasteiger partial charge in [0.05, 0.1) is 5.56 Å². The highest BCUT2D eigenvalue weighted by Gasteiger charge is 2.16. The van der Waals surface area contributed by atoms with E-state index in [-0.39, 0.29) is 13.6 Å². The highest BCUT2D eigenvalue weighted by Crippen LogP contribution is 2.36. The van der Waals surface area contributed by atoms with Gasteiger partial charge >= 0.3 is 17.9 Å². The number of carbonyl (C=O) groups is 4. The third-order valence-electron chi connectivity index (χ3n) is 4.90. The van der Waals surface area contributed by atoms with E-state index >= 15 is 0 Å². The van der Waals surface area contributed by atoms with Crippen LogP contribution in [0.1, 0.15) is 41.6 Å². The SMILES string of the molecule is C1CCNCC1.O=C(O)/C=C/c1cccc2c1OCO2.O=C(O)CC(=O)O.O=Cc1cccc2c1OCO2. The molecule has 0 aromatic heterocycles. The second-order valence-corrected chi connectivity index (χ2v) is 7.73. The molecule has 0 bridgehead atoms. The average molecular weight is 532 g/mol. The van der Waals surface area contributed by atoms with Gasteiger partial charge in [-0.3, -0.25) is 14.4 Å². The van der Waals surface area contributed by atoms with Crippen molar-refractivity contribution in [2.45, 2.75) is 25.7 Å². The number of carbonyl (C=O) groups excluding carboxylic acids is 1. The molecule has 1 saturated heterocycles. The van der Waals surface area contributed by atoms with Crippen molar-refractivity contribution in [1.29, 1.82) is 0 Å². The van der Waals surface area contributed by atoms with Crippen LogP contribution in [0.4, 0.5) is 0 Å². The normalized spacial score (nSPS) is 14.0. The summed E-state index contributed by atoms with van der Waals surface area (Å²) >= 11 is 0. The zero-order chi connectivity index (χ0) is 27.8. The standard InChI is InChI=1S/C10H8O4.C8H6O3.C5H11N.C3H4O4/c11-9(12)5-4-7-2-1-3-8-10(7)14-6-13-8;9-4-6-2-1-3-7-8(6)11-5-10-7;1-2-4-6-5-3-1;4-2(5)1-3(6)7/h1-5H,6H2,(H,11,12);1-4H,5H2;6H,1-5H2;1H2,(H,4,5)(H,6,7)/b5-4+;;;. The maximum Gasteiger partial charge on any atom is 0.328 e. The molecule has 204 valence electrons. The van der Waals surface area contributed by atoms with Crippen LogP contribution in [0.15, 0.2) is 42.5 Å². The lowest BCUT2D eigenvalue weighted by Gasteiger charge is -2.08. The van der Waals surface area contributed by atoms with Crippen LogP contribution in [0.5, 0.6) is 23.0 Å². The predicted octanol–water partition coefficient (Wildman–Crippen LogP) is 3.05. The lowest BCUT2D eigenvalue weighted by atomic mass is 10.2. The van der Waals surface area contributed by atoms with Gasteiger partial charge in [0.15, 0.2) is 29.3 Å². The number of hydrogen-bond donors (Lipinski definition) is 4. The Morgan fingerprint density at radius 3 is 1.68 bits per heavy atom. The largest absolute Gasteiger partial charge is 0.481 e. The van der Waals surface area contributed by atoms with Crippen molar-refractivity contribution >= 4 is 30.3 Å². The van der Waals surface area contributed by atoms with Crippen molar-refractivity contribution in [1.82, 2.24) is 5.32 Å². The van der Waals surface area contributed by atoms with Crippen molar-refractivity contribution in [3.05, 3.63) is 53.6 Å². The number of benzene rings is 2. The molecule has 1 fully saturated rings. The lowest BCUT2D eigenvalue weighted by Crippen LogP contribution is -2.21. The van der Waals surface area contributed by atoms with E-state index in [0.717, 1.165) is 12.4 Å². The van der Waals surface area contributed by atoms with Crippen LogP contribution < -0.4 is 24.3 Å². The summed E-state index contributed by atoms with van der Waals surface area (Å²) in [6.45, 7) is 2.90. The summed E-state index contributed by atoms with van der Waals surface area (Å²) in [4.78, 5) is 39.6. The number of fused-ring (bicyclic) bond motifs is 2. The monoisotopic (exact) mass is 531 g/mol. The summed E-state index contributed by atoms with van der Waals surface area (Å²) in [6.07, 6.45) is 6.72. The first-order valence-electron chi connectivity index (χ1n) is 11.6. The zero-order valence-electron chi connectivity index (χ0n) is 20.5. The number of aldehydes is 1. The van der Waals surface area contributed by atoms with Gasteiger partial charge in [0, 0.05) is 11.6 Å². The molecule has 3 aliphatic rings. The molecular weight excluding hydrogens is 502 g/mol. The van der Waals surface area contributed by atoms with E-state index in [4.69, 9.17) is 34.3 Å². The van der Waals surface area contributed by atoms with Crippen molar-refractivity contribution in [3.8, 4) is 23.0 Å². The molecule has 0 atom stereocenters. The molecule has 0 radical (unpaired) electrons. The number of hydrogen-bond acceptors (Lipinski definition) is 9. The van der Waals surface area contributed by atoms with Gasteiger partial charge in [-0.2, -0.15) is 0 Å². The molecule has 3 aliphatic heterocycles. The third-order valence-corrected chi connectivity index (χ3v) is 4.90. The number of nitrogens with one attached hydrogen (secondary N) is 1. The fraction of sp³-hybridized carbons (Fsp3) is 0.308. The minimum atomic E-state index is -1.31. The van der Waals surface area contributed by atoms with Crippen molar-refractivity contribution in [3.63, 3.8) is 0 Å². The molecule has 0 spiro atoms. The van der Waals surface area contributed by atoms with Crippen LogP contribution >= 0.6 is 0 Å². The molecular formula is C26H29NO11. The quantitative estimate of drug-likeness (QED) is 0.252. The van der Waals surface area contributed by atoms with Crippen molar-refractivity contribution in [2.24, 2.45) is 0 Å². The lowest BCUT2D eigenvalue weighted by molar-refractivity contribution is -0.147. The Bertz CT molecular complexity index is 1100. The Hall–Kier alpha value is -4.58. The summed E-state index contributed by atoms with van der Waals surface area (Å²) in [7, 11) is 0. The van der Waals surface area contributed by atoms with Gasteiger partial charge in [-0.25, -0.2) is 4.79 Å². The molecule has 0 aliphatic carbocycles. The predicted molar refractivity (Wildman–Crippen MR) is 134 cm³/mol. The third kappa shape index (κ3) is 10.6. The van der Waals surface area contributed by atoms with Gasteiger partial charge < -0.3 is 39.6 Å². The van der Waals surface area contributed by atoms with Gasteiger partial charge in [-0.15, -0.1) is 0 Å². The topological polar surface area (TPSA) is 178 Å². The first-order valence-corrected chi connectivity index (χ1v) is 11.6. The molecule has 5 rings (SSSR count). The second kappa shape index (κ2) is 16.2. The minimum Gasteiger partial charge on any atom is -0.481 e. The van der Waals surface area contributed by atoms with Crippen LogP contribution in [0.25, 0.3) is 6.08 Å². The van der Waals surface area contributed by atoms with E-state index in [9.17, 15) is 19.2 Å². The summed E-state index contributed by atoms with van der Waals surface area (Å²) in [5.41, 5.74) is 1.25. The van der Waals surface area contributed by atoms with Crippen LogP contribution in [-0.2, 0) is 14.4 Å². The average Bonchev–Trinajstić information content (AvgIpc) is 3.58. The Morgan fingerprint density at radius 1 is 0.763 bits per heavy atom. The molecule has 0 unspecified atom stereocenters. The van der Waals surface area contributed by atoms with Gasteiger partial charge in [-0.1, -0.05) is 24.6 Å². The van der Waals surface area contributed by atoms with Crippen LogP contribution in [0.2, 0.25) is 0 Å². The molecule has 2 aromatic rings. The van der Waals surface area contributed by atoms with Crippen molar-refractivity contribution < 1.29 is 53.4 Å². The summed E-state index contributed by atoms with van der Waals surface area (Å²) < 4.78 is 20.5. The van der Waals surface area contributed by atoms with E-state index < -0.39 is 24.3 Å². The van der Waals surface area contributed by atoms with E-state index in [2.05, 4.69) is 5.32 Å². The summed E-state index contributed by atoms with van der Waals surface area (Å²) in [6, 6.07) is 10.6. The number of para-hydroxylation sites is 2. The number of carboxylic acid groups (broad SMARTS) is 3. The van der Waals surface area contributed by atoms with Crippen LogP contribution in [0.3, 0.4) is 0 Å². The molecule has 12 heteroatoms.